The normalized spacial score (nSPS) is 10.4. The molecule has 2 aromatic carbocycles. The van der Waals surface area contributed by atoms with Gasteiger partial charge in [-0.2, -0.15) is 0 Å². The molecule has 0 saturated heterocycles. The van der Waals surface area contributed by atoms with E-state index < -0.39 is 0 Å². The van der Waals surface area contributed by atoms with E-state index in [1.165, 1.54) is 0 Å². The molecule has 0 atom stereocenters. The predicted molar refractivity (Wildman–Crippen MR) is 120 cm³/mol. The van der Waals surface area contributed by atoms with Gasteiger partial charge in [0.1, 0.15) is 29.7 Å². The zero-order valence-corrected chi connectivity index (χ0v) is 18.6. The van der Waals surface area contributed by atoms with Crippen LogP contribution in [0, 0.1) is 0 Å². The average Bonchev–Trinajstić information content (AvgIpc) is 3.28. The summed E-state index contributed by atoms with van der Waals surface area (Å²) in [5, 5.41) is 14.1. The molecule has 0 fully saturated rings. The molecule has 1 heterocycles. The Labute approximate surface area is 189 Å². The number of amides is 2. The summed E-state index contributed by atoms with van der Waals surface area (Å²) in [7, 11) is 1.57. The van der Waals surface area contributed by atoms with Crippen LogP contribution < -0.4 is 20.1 Å². The maximum atomic E-state index is 12.3. The van der Waals surface area contributed by atoms with E-state index in [0.29, 0.717) is 29.6 Å². The lowest BCUT2D eigenvalue weighted by Gasteiger charge is -2.07. The standard InChI is InChI=1S/C22H24N4O5S/c1-3-31-18-8-4-15(5-9-18)12-23-19(27)13-30-14-20-25-26-22(32-20)21(28)24-16-6-10-17(29-2)11-7-16/h4-11H,3,12-14H2,1-2H3,(H,23,27)(H,24,28). The van der Waals surface area contributed by atoms with Crippen molar-refractivity contribution in [3.63, 3.8) is 0 Å². The summed E-state index contributed by atoms with van der Waals surface area (Å²) < 4.78 is 15.9. The van der Waals surface area contributed by atoms with Crippen molar-refractivity contribution >= 4 is 28.8 Å². The number of ether oxygens (including phenoxy) is 3. The number of benzene rings is 2. The lowest BCUT2D eigenvalue weighted by atomic mass is 10.2. The van der Waals surface area contributed by atoms with Gasteiger partial charge < -0.3 is 24.8 Å². The molecular formula is C22H24N4O5S. The van der Waals surface area contributed by atoms with Crippen molar-refractivity contribution in [1.82, 2.24) is 15.5 Å². The van der Waals surface area contributed by atoms with Crippen LogP contribution in [0.2, 0.25) is 0 Å². The minimum atomic E-state index is -0.369. The molecule has 9 nitrogen and oxygen atoms in total. The number of methoxy groups -OCH3 is 1. The smallest absolute Gasteiger partial charge is 0.286 e. The molecule has 3 aromatic rings. The summed E-state index contributed by atoms with van der Waals surface area (Å²) in [6.07, 6.45) is 0. The molecule has 0 unspecified atom stereocenters. The molecular weight excluding hydrogens is 432 g/mol. The summed E-state index contributed by atoms with van der Waals surface area (Å²) in [4.78, 5) is 24.3. The second-order valence-electron chi connectivity index (χ2n) is 6.53. The number of nitrogens with one attached hydrogen (secondary N) is 2. The van der Waals surface area contributed by atoms with Gasteiger partial charge in [-0.15, -0.1) is 10.2 Å². The zero-order chi connectivity index (χ0) is 22.8. The highest BCUT2D eigenvalue weighted by Crippen LogP contribution is 2.17. The van der Waals surface area contributed by atoms with Gasteiger partial charge in [-0.05, 0) is 48.9 Å². The molecule has 1 aromatic heterocycles. The van der Waals surface area contributed by atoms with Crippen molar-refractivity contribution in [3.05, 3.63) is 64.1 Å². The van der Waals surface area contributed by atoms with Crippen molar-refractivity contribution in [2.24, 2.45) is 0 Å². The van der Waals surface area contributed by atoms with Crippen LogP contribution in [0.25, 0.3) is 0 Å². The molecule has 0 radical (unpaired) electrons. The van der Waals surface area contributed by atoms with E-state index in [4.69, 9.17) is 14.2 Å². The van der Waals surface area contributed by atoms with E-state index >= 15 is 0 Å². The monoisotopic (exact) mass is 456 g/mol. The summed E-state index contributed by atoms with van der Waals surface area (Å²) in [5.74, 6) is 0.870. The Morgan fingerprint density at radius 3 is 2.41 bits per heavy atom. The maximum Gasteiger partial charge on any atom is 0.286 e. The average molecular weight is 457 g/mol. The fourth-order valence-electron chi connectivity index (χ4n) is 2.62. The van der Waals surface area contributed by atoms with Gasteiger partial charge in [0.15, 0.2) is 0 Å². The largest absolute Gasteiger partial charge is 0.497 e. The zero-order valence-electron chi connectivity index (χ0n) is 17.8. The minimum absolute atomic E-state index is 0.0873. The molecule has 0 spiro atoms. The fraction of sp³-hybridized carbons (Fsp3) is 0.273. The van der Waals surface area contributed by atoms with Gasteiger partial charge in [-0.1, -0.05) is 23.5 Å². The van der Waals surface area contributed by atoms with E-state index in [1.807, 2.05) is 31.2 Å². The first-order valence-corrected chi connectivity index (χ1v) is 10.7. The number of anilines is 1. The molecule has 0 saturated carbocycles. The van der Waals surface area contributed by atoms with Crippen LogP contribution in [-0.2, 0) is 22.7 Å². The Morgan fingerprint density at radius 1 is 1.00 bits per heavy atom. The SMILES string of the molecule is CCOc1ccc(CNC(=O)COCc2nnc(C(=O)Nc3ccc(OC)cc3)s2)cc1. The lowest BCUT2D eigenvalue weighted by molar-refractivity contribution is -0.126. The molecule has 0 aliphatic heterocycles. The number of hydrogen-bond donors (Lipinski definition) is 2. The highest BCUT2D eigenvalue weighted by molar-refractivity contribution is 7.13. The van der Waals surface area contributed by atoms with Crippen LogP contribution in [0.1, 0.15) is 27.3 Å². The van der Waals surface area contributed by atoms with Crippen molar-refractivity contribution in [2.75, 3.05) is 25.6 Å². The second kappa shape index (κ2) is 11.8. The van der Waals surface area contributed by atoms with Gasteiger partial charge in [0.25, 0.3) is 5.91 Å². The van der Waals surface area contributed by atoms with E-state index in [0.717, 1.165) is 22.6 Å². The van der Waals surface area contributed by atoms with Gasteiger partial charge in [0, 0.05) is 12.2 Å². The van der Waals surface area contributed by atoms with E-state index in [-0.39, 0.29) is 30.0 Å². The van der Waals surface area contributed by atoms with E-state index in [2.05, 4.69) is 20.8 Å². The fourth-order valence-corrected chi connectivity index (χ4v) is 3.29. The Bertz CT molecular complexity index is 1020. The predicted octanol–water partition coefficient (Wildman–Crippen LogP) is 3.03. The minimum Gasteiger partial charge on any atom is -0.497 e. The van der Waals surface area contributed by atoms with Gasteiger partial charge in [-0.3, -0.25) is 9.59 Å². The lowest BCUT2D eigenvalue weighted by Crippen LogP contribution is -2.27. The van der Waals surface area contributed by atoms with Crippen LogP contribution in [0.15, 0.2) is 48.5 Å². The van der Waals surface area contributed by atoms with E-state index in [1.54, 1.807) is 31.4 Å². The number of carbonyl (C=O) groups is 2. The van der Waals surface area contributed by atoms with E-state index in [9.17, 15) is 9.59 Å². The van der Waals surface area contributed by atoms with Gasteiger partial charge in [0.05, 0.1) is 13.7 Å². The number of rotatable bonds is 11. The molecule has 2 N–H and O–H groups in total. The van der Waals surface area contributed by atoms with Crippen molar-refractivity contribution in [3.8, 4) is 11.5 Å². The summed E-state index contributed by atoms with van der Waals surface area (Å²) in [5.41, 5.74) is 1.58. The third kappa shape index (κ3) is 7.03. The quantitative estimate of drug-likeness (QED) is 0.456. The topological polar surface area (TPSA) is 112 Å². The van der Waals surface area contributed by atoms with Crippen LogP contribution in [0.5, 0.6) is 11.5 Å². The first-order chi connectivity index (χ1) is 15.6. The highest BCUT2D eigenvalue weighted by atomic mass is 32.1. The van der Waals surface area contributed by atoms with Crippen LogP contribution in [0.3, 0.4) is 0 Å². The maximum absolute atomic E-state index is 12.3. The Morgan fingerprint density at radius 2 is 1.72 bits per heavy atom. The second-order valence-corrected chi connectivity index (χ2v) is 7.59. The van der Waals surface area contributed by atoms with Crippen LogP contribution in [0.4, 0.5) is 5.69 Å². The molecule has 32 heavy (non-hydrogen) atoms. The molecule has 168 valence electrons. The number of hydrogen-bond acceptors (Lipinski definition) is 8. The number of carbonyl (C=O) groups excluding carboxylic acids is 2. The van der Waals surface area contributed by atoms with Crippen molar-refractivity contribution in [2.45, 2.75) is 20.1 Å². The Hall–Kier alpha value is -3.50. The molecule has 3 rings (SSSR count). The molecule has 2 amide bonds. The van der Waals surface area contributed by atoms with Crippen LogP contribution in [-0.4, -0.2) is 42.3 Å². The summed E-state index contributed by atoms with van der Waals surface area (Å²) in [6.45, 7) is 2.89. The summed E-state index contributed by atoms with van der Waals surface area (Å²) in [6, 6.07) is 14.5. The van der Waals surface area contributed by atoms with Crippen LogP contribution >= 0.6 is 11.3 Å². The van der Waals surface area contributed by atoms with Crippen molar-refractivity contribution in [1.29, 1.82) is 0 Å². The first kappa shape index (κ1) is 23.2. The third-order valence-electron chi connectivity index (χ3n) is 4.19. The number of aromatic nitrogens is 2. The molecule has 0 aliphatic rings. The highest BCUT2D eigenvalue weighted by Gasteiger charge is 2.14. The Kier molecular flexibility index (Phi) is 8.52. The molecule has 10 heteroatoms. The first-order valence-electron chi connectivity index (χ1n) is 9.91. The third-order valence-corrected chi connectivity index (χ3v) is 5.09. The Balaban J connectivity index is 1.38. The van der Waals surface area contributed by atoms with Gasteiger partial charge in [0.2, 0.25) is 10.9 Å². The van der Waals surface area contributed by atoms with Gasteiger partial charge in [-0.25, -0.2) is 0 Å². The summed E-state index contributed by atoms with van der Waals surface area (Å²) >= 11 is 1.11. The molecule has 0 bridgehead atoms. The molecule has 0 aliphatic carbocycles. The number of nitrogens with zero attached hydrogens (tertiary/aromatic N) is 2. The van der Waals surface area contributed by atoms with Crippen molar-refractivity contribution < 1.29 is 23.8 Å². The van der Waals surface area contributed by atoms with Gasteiger partial charge >= 0.3 is 0 Å².